The van der Waals surface area contributed by atoms with Crippen molar-refractivity contribution in [1.82, 2.24) is 25.7 Å². The molecule has 1 aliphatic heterocycles. The Morgan fingerprint density at radius 2 is 2.04 bits per heavy atom. The highest BCUT2D eigenvalue weighted by Crippen LogP contribution is 2.30. The molecule has 1 N–H and O–H groups in total. The van der Waals surface area contributed by atoms with Crippen LogP contribution in [0, 0.1) is 5.92 Å². The second-order valence-electron chi connectivity index (χ2n) is 6.51. The van der Waals surface area contributed by atoms with Gasteiger partial charge in [-0.2, -0.15) is 4.98 Å². The normalized spacial score (nSPS) is 16.5. The minimum absolute atomic E-state index is 0.144. The molecule has 1 fully saturated rings. The predicted molar refractivity (Wildman–Crippen MR) is 90.7 cm³/mol. The van der Waals surface area contributed by atoms with Gasteiger partial charge in [0.2, 0.25) is 11.8 Å². The molecule has 0 aliphatic carbocycles. The largest absolute Gasteiger partial charge is 0.480 e. The van der Waals surface area contributed by atoms with E-state index in [-0.39, 0.29) is 23.4 Å². The molecule has 0 bridgehead atoms. The average molecular weight is 361 g/mol. The number of carbonyl (C=O) groups is 1. The van der Waals surface area contributed by atoms with Crippen molar-refractivity contribution in [2.45, 2.75) is 38.6 Å². The quantitative estimate of drug-likeness (QED) is 0.830. The Hall–Kier alpha value is -2.55. The molecule has 1 aliphatic rings. The van der Waals surface area contributed by atoms with Gasteiger partial charge < -0.3 is 19.3 Å². The number of amides is 1. The number of rotatable bonds is 6. The Balaban J connectivity index is 1.80. The van der Waals surface area contributed by atoms with E-state index in [0.717, 1.165) is 12.8 Å². The summed E-state index contributed by atoms with van der Waals surface area (Å²) in [5, 5.41) is 14.7. The molecule has 3 rings (SSSR count). The summed E-state index contributed by atoms with van der Waals surface area (Å²) >= 11 is 0. The van der Waals surface area contributed by atoms with E-state index < -0.39 is 6.04 Å². The lowest BCUT2D eigenvalue weighted by molar-refractivity contribution is 0.0466. The van der Waals surface area contributed by atoms with Crippen LogP contribution in [0.15, 0.2) is 16.7 Å². The maximum atomic E-state index is 12.6. The minimum Gasteiger partial charge on any atom is -0.480 e. The van der Waals surface area contributed by atoms with Crippen LogP contribution < -0.4 is 10.1 Å². The second kappa shape index (κ2) is 8.22. The van der Waals surface area contributed by atoms with Gasteiger partial charge in [-0.1, -0.05) is 19.0 Å². The molecule has 3 heterocycles. The molecule has 1 atom stereocenters. The molecular formula is C17H23N5O4. The van der Waals surface area contributed by atoms with Crippen LogP contribution in [-0.2, 0) is 4.74 Å². The van der Waals surface area contributed by atoms with Crippen molar-refractivity contribution >= 4 is 5.91 Å². The summed E-state index contributed by atoms with van der Waals surface area (Å²) in [6.07, 6.45) is 1.61. The van der Waals surface area contributed by atoms with Gasteiger partial charge in [-0.15, -0.1) is 10.2 Å². The van der Waals surface area contributed by atoms with E-state index in [1.807, 2.05) is 13.8 Å². The zero-order chi connectivity index (χ0) is 18.5. The van der Waals surface area contributed by atoms with Gasteiger partial charge in [0, 0.05) is 25.2 Å². The maximum absolute atomic E-state index is 12.6. The summed E-state index contributed by atoms with van der Waals surface area (Å²) in [6.45, 7) is 5.27. The highest BCUT2D eigenvalue weighted by molar-refractivity contribution is 5.92. The number of hydrogen-bond acceptors (Lipinski definition) is 8. The molecule has 1 amide bonds. The van der Waals surface area contributed by atoms with Crippen molar-refractivity contribution in [3.63, 3.8) is 0 Å². The van der Waals surface area contributed by atoms with Crippen molar-refractivity contribution in [2.75, 3.05) is 20.3 Å². The molecule has 9 heteroatoms. The minimum atomic E-state index is -0.393. The Morgan fingerprint density at radius 1 is 1.27 bits per heavy atom. The number of nitrogens with zero attached hydrogens (tertiary/aromatic N) is 4. The van der Waals surface area contributed by atoms with Crippen LogP contribution in [-0.4, -0.2) is 46.6 Å². The van der Waals surface area contributed by atoms with Gasteiger partial charge in [0.05, 0.1) is 7.11 Å². The molecule has 26 heavy (non-hydrogen) atoms. The smallest absolute Gasteiger partial charge is 0.272 e. The number of nitrogens with one attached hydrogen (secondary N) is 1. The SMILES string of the molecule is COc1ccc(C(=O)N[C@H](c2nc(C(C)C)no2)C2CCOCC2)nn1. The molecular weight excluding hydrogens is 338 g/mol. The Kier molecular flexibility index (Phi) is 5.77. The van der Waals surface area contributed by atoms with E-state index in [9.17, 15) is 4.79 Å². The van der Waals surface area contributed by atoms with Crippen molar-refractivity contribution in [2.24, 2.45) is 5.92 Å². The fourth-order valence-electron chi connectivity index (χ4n) is 2.80. The van der Waals surface area contributed by atoms with Crippen molar-refractivity contribution in [3.8, 4) is 5.88 Å². The van der Waals surface area contributed by atoms with Crippen LogP contribution >= 0.6 is 0 Å². The average Bonchev–Trinajstić information content (AvgIpc) is 3.17. The molecule has 0 aromatic carbocycles. The lowest BCUT2D eigenvalue weighted by atomic mass is 9.91. The van der Waals surface area contributed by atoms with E-state index in [2.05, 4.69) is 25.7 Å². The van der Waals surface area contributed by atoms with Crippen LogP contribution in [0.25, 0.3) is 0 Å². The number of ether oxygens (including phenoxy) is 2. The number of methoxy groups -OCH3 is 1. The van der Waals surface area contributed by atoms with Crippen LogP contribution in [0.1, 0.15) is 60.9 Å². The zero-order valence-corrected chi connectivity index (χ0v) is 15.1. The Morgan fingerprint density at radius 3 is 2.62 bits per heavy atom. The molecule has 0 unspecified atom stereocenters. The summed E-state index contributed by atoms with van der Waals surface area (Å²) in [5.74, 6) is 1.33. The topological polar surface area (TPSA) is 112 Å². The van der Waals surface area contributed by atoms with Gasteiger partial charge in [-0.05, 0) is 24.8 Å². The fraction of sp³-hybridized carbons (Fsp3) is 0.588. The molecule has 0 radical (unpaired) electrons. The summed E-state index contributed by atoms with van der Waals surface area (Å²) in [5.41, 5.74) is 0.200. The first-order valence-electron chi connectivity index (χ1n) is 8.68. The van der Waals surface area contributed by atoms with Gasteiger partial charge in [-0.3, -0.25) is 4.79 Å². The summed E-state index contributed by atoms with van der Waals surface area (Å²) in [7, 11) is 1.49. The van der Waals surface area contributed by atoms with Crippen LogP contribution in [0.4, 0.5) is 0 Å². The van der Waals surface area contributed by atoms with Gasteiger partial charge in [-0.25, -0.2) is 0 Å². The highest BCUT2D eigenvalue weighted by atomic mass is 16.5. The predicted octanol–water partition coefficient (Wildman–Crippen LogP) is 1.89. The summed E-state index contributed by atoms with van der Waals surface area (Å²) < 4.78 is 15.8. The van der Waals surface area contributed by atoms with Crippen LogP contribution in [0.2, 0.25) is 0 Å². The first-order valence-corrected chi connectivity index (χ1v) is 8.68. The lowest BCUT2D eigenvalue weighted by Crippen LogP contribution is -2.36. The van der Waals surface area contributed by atoms with E-state index in [0.29, 0.717) is 30.8 Å². The molecule has 2 aromatic heterocycles. The molecule has 2 aromatic rings. The third kappa shape index (κ3) is 4.16. The van der Waals surface area contributed by atoms with Gasteiger partial charge >= 0.3 is 0 Å². The lowest BCUT2D eigenvalue weighted by Gasteiger charge is -2.28. The molecule has 0 saturated carbocycles. The first-order chi connectivity index (χ1) is 12.6. The van der Waals surface area contributed by atoms with Crippen molar-refractivity contribution in [3.05, 3.63) is 29.5 Å². The van der Waals surface area contributed by atoms with Gasteiger partial charge in [0.15, 0.2) is 11.5 Å². The summed E-state index contributed by atoms with van der Waals surface area (Å²) in [4.78, 5) is 17.1. The first kappa shape index (κ1) is 18.2. The zero-order valence-electron chi connectivity index (χ0n) is 15.1. The maximum Gasteiger partial charge on any atom is 0.272 e. The van der Waals surface area contributed by atoms with E-state index >= 15 is 0 Å². The number of aromatic nitrogens is 4. The number of hydrogen-bond donors (Lipinski definition) is 1. The fourth-order valence-corrected chi connectivity index (χ4v) is 2.80. The van der Waals surface area contributed by atoms with E-state index in [4.69, 9.17) is 14.0 Å². The van der Waals surface area contributed by atoms with Gasteiger partial charge in [0.25, 0.3) is 5.91 Å². The third-order valence-electron chi connectivity index (χ3n) is 4.35. The molecule has 0 spiro atoms. The Bertz CT molecular complexity index is 725. The second-order valence-corrected chi connectivity index (χ2v) is 6.51. The third-order valence-corrected chi connectivity index (χ3v) is 4.35. The molecule has 140 valence electrons. The number of carbonyl (C=O) groups excluding carboxylic acids is 1. The van der Waals surface area contributed by atoms with Gasteiger partial charge in [0.1, 0.15) is 6.04 Å². The van der Waals surface area contributed by atoms with Crippen molar-refractivity contribution in [1.29, 1.82) is 0 Å². The van der Waals surface area contributed by atoms with E-state index in [1.165, 1.54) is 7.11 Å². The van der Waals surface area contributed by atoms with Crippen LogP contribution in [0.3, 0.4) is 0 Å². The monoisotopic (exact) mass is 361 g/mol. The summed E-state index contributed by atoms with van der Waals surface area (Å²) in [6, 6.07) is 2.76. The standard InChI is InChI=1S/C17H23N5O4/c1-10(2)15-19-17(26-22-15)14(11-6-8-25-9-7-11)18-16(23)12-4-5-13(24-3)21-20-12/h4-5,10-11,14H,6-9H2,1-3H3,(H,18,23)/t14-/m0/s1. The van der Waals surface area contributed by atoms with Crippen molar-refractivity contribution < 1.29 is 18.8 Å². The molecule has 9 nitrogen and oxygen atoms in total. The van der Waals surface area contributed by atoms with Crippen LogP contribution in [0.5, 0.6) is 5.88 Å². The Labute approximate surface area is 151 Å². The highest BCUT2D eigenvalue weighted by Gasteiger charge is 2.32. The van der Waals surface area contributed by atoms with E-state index in [1.54, 1.807) is 12.1 Å². The molecule has 1 saturated heterocycles.